The normalized spacial score (nSPS) is 13.3. The molecule has 0 spiro atoms. The van der Waals surface area contributed by atoms with Gasteiger partial charge in [0.25, 0.3) is 0 Å². The summed E-state index contributed by atoms with van der Waals surface area (Å²) < 4.78 is 15.0. The molecule has 0 aliphatic rings. The third kappa shape index (κ3) is 4.65. The zero-order valence-corrected chi connectivity index (χ0v) is 15.2. The Hall–Kier alpha value is -1.72. The molecule has 2 N–H and O–H groups in total. The van der Waals surface area contributed by atoms with Gasteiger partial charge in [-0.05, 0) is 56.9 Å². The van der Waals surface area contributed by atoms with E-state index in [9.17, 15) is 9.50 Å². The minimum absolute atomic E-state index is 0.0307. The van der Waals surface area contributed by atoms with Gasteiger partial charge in [0.05, 0.1) is 17.5 Å². The molecule has 1 aromatic carbocycles. The van der Waals surface area contributed by atoms with Crippen molar-refractivity contribution in [2.24, 2.45) is 5.41 Å². The first-order valence-corrected chi connectivity index (χ1v) is 8.39. The van der Waals surface area contributed by atoms with Crippen molar-refractivity contribution in [2.45, 2.75) is 53.7 Å². The van der Waals surface area contributed by atoms with Crippen LogP contribution < -0.4 is 5.32 Å². The molecule has 0 saturated heterocycles. The number of halogens is 1. The number of rotatable bonds is 7. The lowest BCUT2D eigenvalue weighted by molar-refractivity contribution is 0.128. The number of aliphatic hydroxyl groups is 1. The fourth-order valence-electron chi connectivity index (χ4n) is 3.16. The number of aryl methyl sites for hydroxylation is 1. The van der Waals surface area contributed by atoms with Gasteiger partial charge < -0.3 is 10.4 Å². The van der Waals surface area contributed by atoms with E-state index in [-0.39, 0.29) is 17.3 Å². The molecule has 1 aromatic heterocycles. The summed E-state index contributed by atoms with van der Waals surface area (Å²) in [5.74, 6) is -0.248. The smallest absolute Gasteiger partial charge is 0.123 e. The summed E-state index contributed by atoms with van der Waals surface area (Å²) in [6.45, 7) is 11.7. The highest BCUT2D eigenvalue weighted by atomic mass is 19.1. The van der Waals surface area contributed by atoms with Gasteiger partial charge in [0.2, 0.25) is 0 Å². The van der Waals surface area contributed by atoms with Crippen LogP contribution in [0.1, 0.15) is 44.1 Å². The van der Waals surface area contributed by atoms with Crippen LogP contribution in [0.15, 0.2) is 24.3 Å². The van der Waals surface area contributed by atoms with Gasteiger partial charge in [-0.2, -0.15) is 5.10 Å². The molecule has 1 unspecified atom stereocenters. The Morgan fingerprint density at radius 2 is 1.88 bits per heavy atom. The zero-order valence-electron chi connectivity index (χ0n) is 15.2. The fraction of sp³-hybridized carbons (Fsp3) is 0.526. The third-order valence-electron chi connectivity index (χ3n) is 4.27. The number of aromatic nitrogens is 2. The molecule has 0 amide bonds. The van der Waals surface area contributed by atoms with Gasteiger partial charge in [-0.1, -0.05) is 13.8 Å². The van der Waals surface area contributed by atoms with E-state index in [2.05, 4.69) is 24.3 Å². The maximum absolute atomic E-state index is 13.1. The van der Waals surface area contributed by atoms with E-state index < -0.39 is 0 Å². The van der Waals surface area contributed by atoms with Crippen molar-refractivity contribution in [3.8, 4) is 5.69 Å². The number of hydrogen-bond donors (Lipinski definition) is 2. The summed E-state index contributed by atoms with van der Waals surface area (Å²) in [6.07, 6.45) is 0.457. The van der Waals surface area contributed by atoms with Crippen LogP contribution in [-0.4, -0.2) is 27.5 Å². The van der Waals surface area contributed by atoms with Gasteiger partial charge in [0, 0.05) is 24.3 Å². The van der Waals surface area contributed by atoms with Gasteiger partial charge >= 0.3 is 0 Å². The van der Waals surface area contributed by atoms with E-state index in [1.807, 2.05) is 25.5 Å². The van der Waals surface area contributed by atoms with E-state index in [0.29, 0.717) is 0 Å². The predicted molar refractivity (Wildman–Crippen MR) is 94.8 cm³/mol. The van der Waals surface area contributed by atoms with Gasteiger partial charge in [0.15, 0.2) is 0 Å². The minimum atomic E-state index is -0.300. The van der Waals surface area contributed by atoms with E-state index in [1.165, 1.54) is 12.1 Å². The molecule has 0 radical (unpaired) electrons. The number of benzene rings is 1. The lowest BCUT2D eigenvalue weighted by atomic mass is 9.87. The summed E-state index contributed by atoms with van der Waals surface area (Å²) in [5.41, 5.74) is 4.07. The topological polar surface area (TPSA) is 50.1 Å². The molecule has 0 saturated carbocycles. The molecule has 2 aromatic rings. The second-order valence-corrected chi connectivity index (χ2v) is 7.36. The molecule has 24 heavy (non-hydrogen) atoms. The van der Waals surface area contributed by atoms with Crippen molar-refractivity contribution >= 4 is 0 Å². The van der Waals surface area contributed by atoms with E-state index >= 15 is 0 Å². The first-order valence-electron chi connectivity index (χ1n) is 8.39. The van der Waals surface area contributed by atoms with Crippen LogP contribution in [0.4, 0.5) is 4.39 Å². The second-order valence-electron chi connectivity index (χ2n) is 7.36. The Bertz CT molecular complexity index is 675. The Morgan fingerprint density at radius 3 is 2.46 bits per heavy atom. The minimum Gasteiger partial charge on any atom is -0.393 e. The van der Waals surface area contributed by atoms with Crippen LogP contribution in [-0.2, 0) is 6.54 Å². The molecule has 0 aliphatic heterocycles. The summed E-state index contributed by atoms with van der Waals surface area (Å²) in [7, 11) is 0. The van der Waals surface area contributed by atoms with Gasteiger partial charge in [-0.15, -0.1) is 0 Å². The standard InChI is InChI=1S/C19H28FN3O/c1-13(24)10-19(4,5)12-21-11-18-14(2)22-23(15(18)3)17-8-6-16(20)7-9-17/h6-9,13,21,24H,10-12H2,1-5H3. The molecule has 5 heteroatoms. The highest BCUT2D eigenvalue weighted by Gasteiger charge is 2.20. The zero-order chi connectivity index (χ0) is 17.9. The summed E-state index contributed by atoms with van der Waals surface area (Å²) in [6, 6.07) is 6.36. The largest absolute Gasteiger partial charge is 0.393 e. The number of nitrogens with zero attached hydrogens (tertiary/aromatic N) is 2. The highest BCUT2D eigenvalue weighted by molar-refractivity contribution is 5.37. The number of nitrogens with one attached hydrogen (secondary N) is 1. The Labute approximate surface area is 143 Å². The maximum atomic E-state index is 13.1. The Morgan fingerprint density at radius 1 is 1.25 bits per heavy atom. The average molecular weight is 333 g/mol. The van der Waals surface area contributed by atoms with Crippen LogP contribution in [0.2, 0.25) is 0 Å². The molecule has 132 valence electrons. The Balaban J connectivity index is 2.08. The molecule has 1 heterocycles. The molecule has 4 nitrogen and oxygen atoms in total. The van der Waals surface area contributed by atoms with Crippen LogP contribution >= 0.6 is 0 Å². The summed E-state index contributed by atoms with van der Waals surface area (Å²) in [5, 5.41) is 17.6. The molecule has 0 bridgehead atoms. The SMILES string of the molecule is Cc1nn(-c2ccc(F)cc2)c(C)c1CNCC(C)(C)CC(C)O. The van der Waals surface area contributed by atoms with Gasteiger partial charge in [-0.3, -0.25) is 0 Å². The highest BCUT2D eigenvalue weighted by Crippen LogP contribution is 2.22. The summed E-state index contributed by atoms with van der Waals surface area (Å²) in [4.78, 5) is 0. The quantitative estimate of drug-likeness (QED) is 0.815. The lowest BCUT2D eigenvalue weighted by Crippen LogP contribution is -2.31. The maximum Gasteiger partial charge on any atom is 0.123 e. The van der Waals surface area contributed by atoms with Crippen LogP contribution in [0, 0.1) is 25.1 Å². The second kappa shape index (κ2) is 7.45. The van der Waals surface area contributed by atoms with Crippen molar-refractivity contribution < 1.29 is 9.50 Å². The average Bonchev–Trinajstić information content (AvgIpc) is 2.74. The molecule has 0 fully saturated rings. The Kier molecular flexibility index (Phi) is 5.78. The monoisotopic (exact) mass is 333 g/mol. The van der Waals surface area contributed by atoms with Crippen molar-refractivity contribution in [3.05, 3.63) is 47.0 Å². The summed E-state index contributed by atoms with van der Waals surface area (Å²) >= 11 is 0. The van der Waals surface area contributed by atoms with Crippen LogP contribution in [0.3, 0.4) is 0 Å². The van der Waals surface area contributed by atoms with E-state index in [4.69, 9.17) is 0 Å². The van der Waals surface area contributed by atoms with Crippen molar-refractivity contribution in [1.29, 1.82) is 0 Å². The molecular weight excluding hydrogens is 305 g/mol. The molecular formula is C19H28FN3O. The number of aliphatic hydroxyl groups excluding tert-OH is 1. The first-order chi connectivity index (χ1) is 11.2. The lowest BCUT2D eigenvalue weighted by Gasteiger charge is -2.26. The predicted octanol–water partition coefficient (Wildman–Crippen LogP) is 3.51. The van der Waals surface area contributed by atoms with Crippen molar-refractivity contribution in [3.63, 3.8) is 0 Å². The number of hydrogen-bond acceptors (Lipinski definition) is 3. The molecule has 2 rings (SSSR count). The van der Waals surface area contributed by atoms with E-state index in [1.54, 1.807) is 12.1 Å². The first kappa shape index (κ1) is 18.6. The van der Waals surface area contributed by atoms with E-state index in [0.717, 1.165) is 42.1 Å². The van der Waals surface area contributed by atoms with Gasteiger partial charge in [0.1, 0.15) is 5.82 Å². The third-order valence-corrected chi connectivity index (χ3v) is 4.27. The van der Waals surface area contributed by atoms with Gasteiger partial charge in [-0.25, -0.2) is 9.07 Å². The van der Waals surface area contributed by atoms with Crippen LogP contribution in [0.5, 0.6) is 0 Å². The molecule has 0 aliphatic carbocycles. The van der Waals surface area contributed by atoms with Crippen molar-refractivity contribution in [2.75, 3.05) is 6.54 Å². The fourth-order valence-corrected chi connectivity index (χ4v) is 3.16. The molecule has 1 atom stereocenters. The van der Waals surface area contributed by atoms with Crippen molar-refractivity contribution in [1.82, 2.24) is 15.1 Å². The van der Waals surface area contributed by atoms with Crippen LogP contribution in [0.25, 0.3) is 5.69 Å².